The summed E-state index contributed by atoms with van der Waals surface area (Å²) in [7, 11) is 0. The third-order valence-corrected chi connectivity index (χ3v) is 3.45. The number of aromatic amines is 1. The van der Waals surface area contributed by atoms with E-state index in [1.165, 1.54) is 12.1 Å². The van der Waals surface area contributed by atoms with E-state index in [0.29, 0.717) is 5.92 Å². The second kappa shape index (κ2) is 5.52. The van der Waals surface area contributed by atoms with Gasteiger partial charge >= 0.3 is 0 Å². The molecular formula is C18H17FN2. The van der Waals surface area contributed by atoms with Gasteiger partial charge in [0.05, 0.1) is 11.4 Å². The Bertz CT molecular complexity index is 728. The molecule has 0 aliphatic rings. The summed E-state index contributed by atoms with van der Waals surface area (Å²) in [5.74, 6) is 1.01. The van der Waals surface area contributed by atoms with Gasteiger partial charge in [0.1, 0.15) is 11.6 Å². The molecule has 0 atom stereocenters. The van der Waals surface area contributed by atoms with Crippen LogP contribution in [0.3, 0.4) is 0 Å². The Labute approximate surface area is 123 Å². The van der Waals surface area contributed by atoms with Crippen molar-refractivity contribution in [2.75, 3.05) is 0 Å². The average Bonchev–Trinajstić information content (AvgIpc) is 2.94. The van der Waals surface area contributed by atoms with Crippen molar-refractivity contribution in [3.05, 3.63) is 66.2 Å². The van der Waals surface area contributed by atoms with Gasteiger partial charge in [0.25, 0.3) is 0 Å². The van der Waals surface area contributed by atoms with Crippen molar-refractivity contribution in [1.82, 2.24) is 9.97 Å². The summed E-state index contributed by atoms with van der Waals surface area (Å²) in [5, 5.41) is 0. The SMILES string of the molecule is CC(C)c1nc(-c2ccccc2)c(-c2ccc(F)cc2)[nH]1. The van der Waals surface area contributed by atoms with Crippen LogP contribution in [0.5, 0.6) is 0 Å². The fourth-order valence-electron chi connectivity index (χ4n) is 2.30. The minimum absolute atomic E-state index is 0.233. The van der Waals surface area contributed by atoms with Crippen molar-refractivity contribution in [2.24, 2.45) is 0 Å². The second-order valence-corrected chi connectivity index (χ2v) is 5.37. The Morgan fingerprint density at radius 2 is 1.57 bits per heavy atom. The zero-order valence-electron chi connectivity index (χ0n) is 12.1. The molecule has 3 heteroatoms. The minimum Gasteiger partial charge on any atom is -0.341 e. The van der Waals surface area contributed by atoms with Crippen molar-refractivity contribution in [3.63, 3.8) is 0 Å². The number of nitrogens with zero attached hydrogens (tertiary/aromatic N) is 1. The fraction of sp³-hybridized carbons (Fsp3) is 0.167. The molecule has 3 aromatic rings. The van der Waals surface area contributed by atoms with Crippen LogP contribution in [0, 0.1) is 5.82 Å². The number of benzene rings is 2. The van der Waals surface area contributed by atoms with Crippen LogP contribution in [0.4, 0.5) is 4.39 Å². The molecule has 0 saturated carbocycles. The molecular weight excluding hydrogens is 263 g/mol. The molecule has 21 heavy (non-hydrogen) atoms. The van der Waals surface area contributed by atoms with E-state index in [1.54, 1.807) is 12.1 Å². The molecule has 0 aliphatic carbocycles. The first kappa shape index (κ1) is 13.6. The lowest BCUT2D eigenvalue weighted by Gasteiger charge is -2.03. The summed E-state index contributed by atoms with van der Waals surface area (Å²) in [4.78, 5) is 8.11. The number of H-pyrrole nitrogens is 1. The van der Waals surface area contributed by atoms with Gasteiger partial charge in [0, 0.05) is 17.0 Å². The molecule has 1 aromatic heterocycles. The number of hydrogen-bond acceptors (Lipinski definition) is 1. The summed E-state index contributed by atoms with van der Waals surface area (Å²) >= 11 is 0. The molecule has 0 amide bonds. The first-order chi connectivity index (χ1) is 10.1. The lowest BCUT2D eigenvalue weighted by atomic mass is 10.1. The van der Waals surface area contributed by atoms with Gasteiger partial charge < -0.3 is 4.98 Å². The summed E-state index contributed by atoms with van der Waals surface area (Å²) in [6.45, 7) is 4.20. The molecule has 1 N–H and O–H groups in total. The van der Waals surface area contributed by atoms with E-state index in [0.717, 1.165) is 28.3 Å². The number of halogens is 1. The number of nitrogens with one attached hydrogen (secondary N) is 1. The zero-order valence-corrected chi connectivity index (χ0v) is 12.1. The molecule has 0 saturated heterocycles. The maximum Gasteiger partial charge on any atom is 0.123 e. The van der Waals surface area contributed by atoms with Crippen LogP contribution in [-0.2, 0) is 0 Å². The van der Waals surface area contributed by atoms with E-state index in [1.807, 2.05) is 30.3 Å². The van der Waals surface area contributed by atoms with Gasteiger partial charge in [-0.3, -0.25) is 0 Å². The van der Waals surface area contributed by atoms with Crippen molar-refractivity contribution in [2.45, 2.75) is 19.8 Å². The third-order valence-electron chi connectivity index (χ3n) is 3.45. The molecule has 0 bridgehead atoms. The average molecular weight is 280 g/mol. The van der Waals surface area contributed by atoms with Crippen molar-refractivity contribution in [1.29, 1.82) is 0 Å². The highest BCUT2D eigenvalue weighted by Crippen LogP contribution is 2.31. The minimum atomic E-state index is -0.233. The highest BCUT2D eigenvalue weighted by Gasteiger charge is 2.15. The zero-order chi connectivity index (χ0) is 14.8. The lowest BCUT2D eigenvalue weighted by molar-refractivity contribution is 0.628. The molecule has 2 aromatic carbocycles. The van der Waals surface area contributed by atoms with E-state index < -0.39 is 0 Å². The Morgan fingerprint density at radius 1 is 0.905 bits per heavy atom. The van der Waals surface area contributed by atoms with E-state index >= 15 is 0 Å². The topological polar surface area (TPSA) is 28.7 Å². The summed E-state index contributed by atoms with van der Waals surface area (Å²) < 4.78 is 13.1. The quantitative estimate of drug-likeness (QED) is 0.718. The highest BCUT2D eigenvalue weighted by atomic mass is 19.1. The predicted octanol–water partition coefficient (Wildman–Crippen LogP) is 5.01. The van der Waals surface area contributed by atoms with Crippen LogP contribution in [0.1, 0.15) is 25.6 Å². The van der Waals surface area contributed by atoms with Gasteiger partial charge in [-0.2, -0.15) is 0 Å². The van der Waals surface area contributed by atoms with Crippen molar-refractivity contribution < 1.29 is 4.39 Å². The largest absolute Gasteiger partial charge is 0.341 e. The fourth-order valence-corrected chi connectivity index (χ4v) is 2.30. The first-order valence-electron chi connectivity index (χ1n) is 7.06. The maximum atomic E-state index is 13.1. The van der Waals surface area contributed by atoms with Crippen LogP contribution in [-0.4, -0.2) is 9.97 Å². The molecule has 1 heterocycles. The summed E-state index contributed by atoms with van der Waals surface area (Å²) in [6, 6.07) is 16.5. The van der Waals surface area contributed by atoms with Crippen molar-refractivity contribution >= 4 is 0 Å². The van der Waals surface area contributed by atoms with E-state index in [4.69, 9.17) is 4.98 Å². The highest BCUT2D eigenvalue weighted by molar-refractivity contribution is 5.78. The van der Waals surface area contributed by atoms with E-state index in [2.05, 4.69) is 18.8 Å². The Morgan fingerprint density at radius 3 is 2.19 bits per heavy atom. The van der Waals surface area contributed by atoms with Gasteiger partial charge in [-0.1, -0.05) is 44.2 Å². The van der Waals surface area contributed by atoms with Crippen molar-refractivity contribution in [3.8, 4) is 22.5 Å². The number of hydrogen-bond donors (Lipinski definition) is 1. The smallest absolute Gasteiger partial charge is 0.123 e. The number of imidazole rings is 1. The molecule has 2 nitrogen and oxygen atoms in total. The van der Waals surface area contributed by atoms with Crippen LogP contribution in [0.15, 0.2) is 54.6 Å². The number of rotatable bonds is 3. The molecule has 0 radical (unpaired) electrons. The van der Waals surface area contributed by atoms with Gasteiger partial charge in [-0.05, 0) is 24.3 Å². The molecule has 106 valence electrons. The van der Waals surface area contributed by atoms with Crippen LogP contribution < -0.4 is 0 Å². The normalized spacial score (nSPS) is 11.0. The van der Waals surface area contributed by atoms with E-state index in [-0.39, 0.29) is 5.82 Å². The standard InChI is InChI=1S/C18H17FN2/c1-12(2)18-20-16(13-6-4-3-5-7-13)17(21-18)14-8-10-15(19)11-9-14/h3-12H,1-2H3,(H,20,21). The molecule has 0 fully saturated rings. The van der Waals surface area contributed by atoms with Crippen LogP contribution in [0.2, 0.25) is 0 Å². The van der Waals surface area contributed by atoms with Gasteiger partial charge in [0.2, 0.25) is 0 Å². The first-order valence-corrected chi connectivity index (χ1v) is 7.06. The molecule has 0 aliphatic heterocycles. The summed E-state index contributed by atoms with van der Waals surface area (Å²) in [5.41, 5.74) is 3.84. The van der Waals surface area contributed by atoms with Crippen LogP contribution in [0.25, 0.3) is 22.5 Å². The Kier molecular flexibility index (Phi) is 3.57. The summed E-state index contributed by atoms with van der Waals surface area (Å²) in [6.07, 6.45) is 0. The molecule has 3 rings (SSSR count). The van der Waals surface area contributed by atoms with Gasteiger partial charge in [-0.15, -0.1) is 0 Å². The molecule has 0 spiro atoms. The van der Waals surface area contributed by atoms with Gasteiger partial charge in [-0.25, -0.2) is 9.37 Å². The Balaban J connectivity index is 2.16. The van der Waals surface area contributed by atoms with E-state index in [9.17, 15) is 4.39 Å². The Hall–Kier alpha value is -2.42. The second-order valence-electron chi connectivity index (χ2n) is 5.37. The monoisotopic (exact) mass is 280 g/mol. The maximum absolute atomic E-state index is 13.1. The third kappa shape index (κ3) is 2.72. The molecule has 0 unspecified atom stereocenters. The number of aromatic nitrogens is 2. The predicted molar refractivity (Wildman–Crippen MR) is 83.5 cm³/mol. The van der Waals surface area contributed by atoms with Gasteiger partial charge in [0.15, 0.2) is 0 Å². The van der Waals surface area contributed by atoms with Crippen LogP contribution >= 0.6 is 0 Å². The lowest BCUT2D eigenvalue weighted by Crippen LogP contribution is -1.89.